The quantitative estimate of drug-likeness (QED) is 0.670. The van der Waals surface area contributed by atoms with Crippen molar-refractivity contribution in [3.05, 3.63) is 54.0 Å². The molecule has 8 heteroatoms. The van der Waals surface area contributed by atoms with Gasteiger partial charge in [-0.1, -0.05) is 0 Å². The molecule has 7 nitrogen and oxygen atoms in total. The second-order valence-corrected chi connectivity index (χ2v) is 5.41. The zero-order valence-corrected chi connectivity index (χ0v) is 14.9. The van der Waals surface area contributed by atoms with Crippen LogP contribution in [0.2, 0.25) is 0 Å². The summed E-state index contributed by atoms with van der Waals surface area (Å²) in [5, 5.41) is 0.599. The molecule has 0 unspecified atom stereocenters. The Labute approximate surface area is 154 Å². The molecule has 0 aliphatic heterocycles. The van der Waals surface area contributed by atoms with Crippen molar-refractivity contribution in [1.82, 2.24) is 10.5 Å². The molecule has 2 aromatic carbocycles. The summed E-state index contributed by atoms with van der Waals surface area (Å²) in [5.41, 5.74) is 2.89. The summed E-state index contributed by atoms with van der Waals surface area (Å²) < 4.78 is 29.1. The van der Waals surface area contributed by atoms with Gasteiger partial charge in [0.25, 0.3) is 5.91 Å². The van der Waals surface area contributed by atoms with Crippen LogP contribution in [0.5, 0.6) is 23.0 Å². The van der Waals surface area contributed by atoms with Crippen molar-refractivity contribution in [3.8, 4) is 23.0 Å². The summed E-state index contributed by atoms with van der Waals surface area (Å²) in [4.78, 5) is 22.1. The number of carbonyl (C=O) groups excluding carboxylic acids is 1. The van der Waals surface area contributed by atoms with Crippen LogP contribution in [0.4, 0.5) is 4.39 Å². The van der Waals surface area contributed by atoms with Crippen molar-refractivity contribution in [2.24, 2.45) is 0 Å². The molecule has 0 radical (unpaired) electrons. The van der Waals surface area contributed by atoms with E-state index in [4.69, 9.17) is 19.0 Å². The molecule has 0 atom stereocenters. The highest BCUT2D eigenvalue weighted by Gasteiger charge is 2.16. The first-order valence-corrected chi connectivity index (χ1v) is 7.89. The monoisotopic (exact) mass is 372 g/mol. The van der Waals surface area contributed by atoms with E-state index in [0.717, 1.165) is 6.07 Å². The third-order valence-corrected chi connectivity index (χ3v) is 3.87. The summed E-state index contributed by atoms with van der Waals surface area (Å²) >= 11 is 0. The molecule has 0 saturated heterocycles. The second-order valence-electron chi connectivity index (χ2n) is 5.41. The Morgan fingerprint density at radius 2 is 1.63 bits per heavy atom. The van der Waals surface area contributed by atoms with Gasteiger partial charge in [0.05, 0.1) is 32.4 Å². The van der Waals surface area contributed by atoms with E-state index >= 15 is 0 Å². The Morgan fingerprint density at radius 1 is 0.926 bits per heavy atom. The molecule has 0 aliphatic carbocycles. The van der Waals surface area contributed by atoms with Gasteiger partial charge in [-0.2, -0.15) is 5.48 Å². The lowest BCUT2D eigenvalue weighted by molar-refractivity contribution is 0.0759. The molecule has 3 rings (SSSR count). The zero-order valence-electron chi connectivity index (χ0n) is 14.9. The maximum absolute atomic E-state index is 13.5. The average Bonchev–Trinajstić information content (AvgIpc) is 2.70. The predicted octanol–water partition coefficient (Wildman–Crippen LogP) is 3.12. The van der Waals surface area contributed by atoms with Crippen molar-refractivity contribution in [2.75, 3.05) is 21.3 Å². The van der Waals surface area contributed by atoms with E-state index in [-0.39, 0.29) is 11.3 Å². The molecule has 1 N–H and O–H groups in total. The normalized spacial score (nSPS) is 10.4. The Morgan fingerprint density at radius 3 is 2.33 bits per heavy atom. The van der Waals surface area contributed by atoms with E-state index in [0.29, 0.717) is 28.2 Å². The number of halogens is 1. The number of amides is 1. The van der Waals surface area contributed by atoms with Crippen molar-refractivity contribution in [1.29, 1.82) is 0 Å². The first-order valence-electron chi connectivity index (χ1n) is 7.89. The van der Waals surface area contributed by atoms with Crippen molar-refractivity contribution in [3.63, 3.8) is 0 Å². The fourth-order valence-corrected chi connectivity index (χ4v) is 2.55. The van der Waals surface area contributed by atoms with Crippen LogP contribution >= 0.6 is 0 Å². The maximum Gasteiger partial charge on any atom is 0.287 e. The lowest BCUT2D eigenvalue weighted by Crippen LogP contribution is -2.27. The molecule has 0 aliphatic rings. The van der Waals surface area contributed by atoms with Gasteiger partial charge in [0.15, 0.2) is 17.2 Å². The molecule has 1 amide bonds. The van der Waals surface area contributed by atoms with Crippen LogP contribution in [-0.4, -0.2) is 32.2 Å². The fourth-order valence-electron chi connectivity index (χ4n) is 2.55. The largest absolute Gasteiger partial charge is 0.496 e. The summed E-state index contributed by atoms with van der Waals surface area (Å²) in [6.45, 7) is 0. The minimum absolute atomic E-state index is 0.00936. The second kappa shape index (κ2) is 7.77. The lowest BCUT2D eigenvalue weighted by Gasteiger charge is -2.13. The van der Waals surface area contributed by atoms with E-state index < -0.39 is 11.7 Å². The fraction of sp³-hybridized carbons (Fsp3) is 0.158. The van der Waals surface area contributed by atoms with Gasteiger partial charge < -0.3 is 19.0 Å². The van der Waals surface area contributed by atoms with Crippen molar-refractivity contribution >= 4 is 16.8 Å². The van der Waals surface area contributed by atoms with Gasteiger partial charge in [0.2, 0.25) is 0 Å². The molecule has 140 valence electrons. The van der Waals surface area contributed by atoms with Gasteiger partial charge in [-0.25, -0.2) is 4.39 Å². The molecule has 0 bridgehead atoms. The maximum atomic E-state index is 13.5. The number of carbonyl (C=O) groups is 1. The topological polar surface area (TPSA) is 78.9 Å². The van der Waals surface area contributed by atoms with Gasteiger partial charge >= 0.3 is 0 Å². The Hall–Kier alpha value is -3.55. The highest BCUT2D eigenvalue weighted by molar-refractivity contribution is 5.96. The summed E-state index contributed by atoms with van der Waals surface area (Å²) in [7, 11) is 4.43. The number of hydrogen-bond acceptors (Lipinski definition) is 6. The first kappa shape index (κ1) is 18.2. The zero-order chi connectivity index (χ0) is 19.4. The SMILES string of the molecule is COc1cc2nccc(ONC(=O)c3cc(F)ccc3OC)c2cc1OC. The molecule has 1 heterocycles. The number of benzene rings is 2. The third-order valence-electron chi connectivity index (χ3n) is 3.87. The van der Waals surface area contributed by atoms with Crippen LogP contribution in [0.3, 0.4) is 0 Å². The molecule has 0 saturated carbocycles. The number of nitrogens with zero attached hydrogens (tertiary/aromatic N) is 1. The van der Waals surface area contributed by atoms with E-state index in [2.05, 4.69) is 10.5 Å². The van der Waals surface area contributed by atoms with Gasteiger partial charge in [-0.15, -0.1) is 0 Å². The van der Waals surface area contributed by atoms with E-state index in [1.807, 2.05) is 0 Å². The van der Waals surface area contributed by atoms with Gasteiger partial charge in [-0.05, 0) is 24.3 Å². The third kappa shape index (κ3) is 3.69. The number of nitrogens with one attached hydrogen (secondary N) is 1. The minimum atomic E-state index is -0.656. The highest BCUT2D eigenvalue weighted by atomic mass is 19.1. The van der Waals surface area contributed by atoms with E-state index in [1.165, 1.54) is 39.7 Å². The van der Waals surface area contributed by atoms with Gasteiger partial charge in [0.1, 0.15) is 11.6 Å². The van der Waals surface area contributed by atoms with Gasteiger partial charge in [0, 0.05) is 23.7 Å². The predicted molar refractivity (Wildman–Crippen MR) is 95.9 cm³/mol. The van der Waals surface area contributed by atoms with Crippen LogP contribution < -0.4 is 24.5 Å². The molecule has 0 fully saturated rings. The number of pyridine rings is 1. The molecule has 27 heavy (non-hydrogen) atoms. The highest BCUT2D eigenvalue weighted by Crippen LogP contribution is 2.35. The van der Waals surface area contributed by atoms with E-state index in [1.54, 1.807) is 18.2 Å². The summed E-state index contributed by atoms with van der Waals surface area (Å²) in [6, 6.07) is 8.59. The minimum Gasteiger partial charge on any atom is -0.496 e. The molecular formula is C19H17FN2O5. The lowest BCUT2D eigenvalue weighted by atomic mass is 10.2. The van der Waals surface area contributed by atoms with Crippen molar-refractivity contribution < 1.29 is 28.2 Å². The number of ether oxygens (including phenoxy) is 3. The molecule has 0 spiro atoms. The number of fused-ring (bicyclic) bond motifs is 1. The first-order chi connectivity index (χ1) is 13.1. The molecular weight excluding hydrogens is 355 g/mol. The smallest absolute Gasteiger partial charge is 0.287 e. The summed E-state index contributed by atoms with van der Waals surface area (Å²) in [5.74, 6) is 0.348. The van der Waals surface area contributed by atoms with E-state index in [9.17, 15) is 9.18 Å². The van der Waals surface area contributed by atoms with Gasteiger partial charge in [-0.3, -0.25) is 9.78 Å². The van der Waals surface area contributed by atoms with Crippen LogP contribution in [-0.2, 0) is 0 Å². The van der Waals surface area contributed by atoms with Crippen molar-refractivity contribution in [2.45, 2.75) is 0 Å². The van der Waals surface area contributed by atoms with Crippen LogP contribution in [0.25, 0.3) is 10.9 Å². The Bertz CT molecular complexity index is 993. The van der Waals surface area contributed by atoms with Crippen LogP contribution in [0.1, 0.15) is 10.4 Å². The molecule has 3 aromatic rings. The number of hydrogen-bond donors (Lipinski definition) is 1. The molecule has 1 aromatic heterocycles. The average molecular weight is 372 g/mol. The number of methoxy groups -OCH3 is 3. The van der Waals surface area contributed by atoms with Crippen LogP contribution in [0.15, 0.2) is 42.6 Å². The van der Waals surface area contributed by atoms with Crippen LogP contribution in [0, 0.1) is 5.82 Å². The number of rotatable bonds is 6. The number of hydroxylamine groups is 1. The number of aromatic nitrogens is 1. The summed E-state index contributed by atoms with van der Waals surface area (Å²) in [6.07, 6.45) is 1.53. The standard InChI is InChI=1S/C19H17FN2O5/c1-24-15-5-4-11(20)8-13(15)19(23)22-27-16-6-7-21-14-10-18(26-3)17(25-2)9-12(14)16/h4-10H,1-3H3,(H,22,23). The Kier molecular flexibility index (Phi) is 5.25. The Balaban J connectivity index is 1.89.